The fourth-order valence-electron chi connectivity index (χ4n) is 3.49. The number of nitrogens with zero attached hydrogens (tertiary/aromatic N) is 2. The predicted octanol–water partition coefficient (Wildman–Crippen LogP) is 5.81. The molecule has 0 saturated heterocycles. The Bertz CT molecular complexity index is 890. The molecule has 0 radical (unpaired) electrons. The molecule has 0 atom stereocenters. The highest BCUT2D eigenvalue weighted by Gasteiger charge is 2.08. The summed E-state index contributed by atoms with van der Waals surface area (Å²) in [7, 11) is 3.38. The van der Waals surface area contributed by atoms with E-state index < -0.39 is 0 Å². The highest BCUT2D eigenvalue weighted by molar-refractivity contribution is 5.54. The van der Waals surface area contributed by atoms with Crippen molar-refractivity contribution in [3.05, 3.63) is 71.5 Å². The molecule has 0 aliphatic rings. The molecule has 2 aromatic heterocycles. The maximum absolute atomic E-state index is 5.51. The molecule has 3 rings (SSSR count). The van der Waals surface area contributed by atoms with Crippen molar-refractivity contribution >= 4 is 0 Å². The third kappa shape index (κ3) is 5.80. The Balaban J connectivity index is 1.40. The molecule has 2 heterocycles. The molecule has 0 fully saturated rings. The van der Waals surface area contributed by atoms with Gasteiger partial charge in [-0.3, -0.25) is 9.97 Å². The van der Waals surface area contributed by atoms with E-state index in [1.165, 1.54) is 30.4 Å². The van der Waals surface area contributed by atoms with E-state index in [2.05, 4.69) is 34.2 Å². The fraction of sp³-hybridized carbons (Fsp3) is 0.360. The van der Waals surface area contributed by atoms with Crippen molar-refractivity contribution in [2.24, 2.45) is 0 Å². The number of benzene rings is 1. The largest absolute Gasteiger partial charge is 0.493 e. The van der Waals surface area contributed by atoms with Crippen molar-refractivity contribution in [3.63, 3.8) is 0 Å². The summed E-state index contributed by atoms with van der Waals surface area (Å²) in [5.41, 5.74) is 5.53. The van der Waals surface area contributed by atoms with Gasteiger partial charge in [-0.05, 0) is 67.5 Å². The first-order valence-electron chi connectivity index (χ1n) is 10.3. The van der Waals surface area contributed by atoms with Gasteiger partial charge in [-0.25, -0.2) is 0 Å². The van der Waals surface area contributed by atoms with Crippen LogP contribution in [0.2, 0.25) is 0 Å². The van der Waals surface area contributed by atoms with Gasteiger partial charge in [-0.15, -0.1) is 0 Å². The highest BCUT2D eigenvalue weighted by Crippen LogP contribution is 2.31. The number of para-hydroxylation sites is 1. The quantitative estimate of drug-likeness (QED) is 0.410. The molecule has 4 nitrogen and oxygen atoms in total. The van der Waals surface area contributed by atoms with E-state index in [4.69, 9.17) is 9.47 Å². The smallest absolute Gasteiger partial charge is 0.163 e. The average molecular weight is 391 g/mol. The predicted molar refractivity (Wildman–Crippen MR) is 118 cm³/mol. The average Bonchev–Trinajstić information content (AvgIpc) is 2.76. The number of hydrogen-bond acceptors (Lipinski definition) is 4. The first-order chi connectivity index (χ1) is 14.2. The maximum atomic E-state index is 5.51. The summed E-state index contributed by atoms with van der Waals surface area (Å²) in [5, 5.41) is 0. The Morgan fingerprint density at radius 3 is 2.07 bits per heavy atom. The van der Waals surface area contributed by atoms with E-state index >= 15 is 0 Å². The minimum atomic E-state index is 0.807. The molecule has 0 unspecified atom stereocenters. The zero-order chi connectivity index (χ0) is 20.5. The van der Waals surface area contributed by atoms with Gasteiger partial charge < -0.3 is 9.47 Å². The minimum Gasteiger partial charge on any atom is -0.493 e. The Hall–Kier alpha value is -2.88. The van der Waals surface area contributed by atoms with Crippen LogP contribution in [0.25, 0.3) is 11.4 Å². The van der Waals surface area contributed by atoms with Gasteiger partial charge in [-0.2, -0.15) is 0 Å². The van der Waals surface area contributed by atoms with Crippen LogP contribution in [0.4, 0.5) is 0 Å². The van der Waals surface area contributed by atoms with E-state index in [1.807, 2.05) is 37.5 Å². The van der Waals surface area contributed by atoms with Crippen LogP contribution >= 0.6 is 0 Å². The maximum Gasteiger partial charge on any atom is 0.163 e. The zero-order valence-corrected chi connectivity index (χ0v) is 17.6. The van der Waals surface area contributed by atoms with E-state index in [1.54, 1.807) is 14.2 Å². The zero-order valence-electron chi connectivity index (χ0n) is 17.6. The van der Waals surface area contributed by atoms with Gasteiger partial charge in [0.25, 0.3) is 0 Å². The molecule has 4 heteroatoms. The van der Waals surface area contributed by atoms with E-state index in [0.29, 0.717) is 0 Å². The monoisotopic (exact) mass is 390 g/mol. The SMILES string of the molecule is COc1cccc(CCCCCCc2ccc(-c3ccc(C)cn3)nc2)c1OC. The lowest BCUT2D eigenvalue weighted by Gasteiger charge is -2.12. The topological polar surface area (TPSA) is 44.2 Å². The summed E-state index contributed by atoms with van der Waals surface area (Å²) in [6.45, 7) is 2.04. The minimum absolute atomic E-state index is 0.807. The Kier molecular flexibility index (Phi) is 7.62. The third-order valence-corrected chi connectivity index (χ3v) is 5.14. The van der Waals surface area contributed by atoms with E-state index in [0.717, 1.165) is 47.7 Å². The lowest BCUT2D eigenvalue weighted by molar-refractivity contribution is 0.351. The number of ether oxygens (including phenoxy) is 2. The molecule has 0 aliphatic heterocycles. The highest BCUT2D eigenvalue weighted by atomic mass is 16.5. The number of hydrogen-bond donors (Lipinski definition) is 0. The van der Waals surface area contributed by atoms with Crippen molar-refractivity contribution in [1.29, 1.82) is 0 Å². The Morgan fingerprint density at radius 1 is 0.724 bits per heavy atom. The van der Waals surface area contributed by atoms with Crippen molar-refractivity contribution in [2.75, 3.05) is 14.2 Å². The fourth-order valence-corrected chi connectivity index (χ4v) is 3.49. The summed E-state index contributed by atoms with van der Waals surface area (Å²) in [6.07, 6.45) is 10.7. The Morgan fingerprint density at radius 2 is 1.45 bits per heavy atom. The molecular formula is C25H30N2O2. The van der Waals surface area contributed by atoms with E-state index in [-0.39, 0.29) is 0 Å². The van der Waals surface area contributed by atoms with Crippen molar-refractivity contribution in [3.8, 4) is 22.9 Å². The molecule has 0 amide bonds. The van der Waals surface area contributed by atoms with Crippen LogP contribution in [-0.4, -0.2) is 24.2 Å². The van der Waals surface area contributed by atoms with Gasteiger partial charge in [-0.1, -0.05) is 37.1 Å². The van der Waals surface area contributed by atoms with Gasteiger partial charge in [0.2, 0.25) is 0 Å². The van der Waals surface area contributed by atoms with Crippen LogP contribution in [0, 0.1) is 6.92 Å². The second-order valence-corrected chi connectivity index (χ2v) is 7.34. The van der Waals surface area contributed by atoms with E-state index in [9.17, 15) is 0 Å². The number of rotatable bonds is 10. The first kappa shape index (κ1) is 20.8. The van der Waals surface area contributed by atoms with Crippen LogP contribution in [0.3, 0.4) is 0 Å². The molecule has 1 aromatic carbocycles. The summed E-state index contributed by atoms with van der Waals surface area (Å²) >= 11 is 0. The second kappa shape index (κ2) is 10.6. The number of aryl methyl sites for hydroxylation is 3. The molecule has 0 saturated carbocycles. The molecule has 152 valence electrons. The lowest BCUT2D eigenvalue weighted by atomic mass is 10.0. The van der Waals surface area contributed by atoms with Crippen LogP contribution in [0.1, 0.15) is 42.4 Å². The van der Waals surface area contributed by atoms with Crippen LogP contribution in [-0.2, 0) is 12.8 Å². The first-order valence-corrected chi connectivity index (χ1v) is 10.3. The standard InChI is InChI=1S/C25H30N2O2/c1-19-13-15-22(26-17-19)23-16-14-20(18-27-23)9-6-4-5-7-10-21-11-8-12-24(28-2)25(21)29-3/h8,11-18H,4-7,9-10H2,1-3H3. The molecule has 29 heavy (non-hydrogen) atoms. The lowest BCUT2D eigenvalue weighted by Crippen LogP contribution is -1.96. The van der Waals surface area contributed by atoms with Gasteiger partial charge in [0.05, 0.1) is 25.6 Å². The van der Waals surface area contributed by atoms with Gasteiger partial charge in [0.15, 0.2) is 11.5 Å². The van der Waals surface area contributed by atoms with Crippen molar-refractivity contribution in [1.82, 2.24) is 9.97 Å². The number of methoxy groups -OCH3 is 2. The van der Waals surface area contributed by atoms with Crippen molar-refractivity contribution in [2.45, 2.75) is 45.4 Å². The second-order valence-electron chi connectivity index (χ2n) is 7.34. The summed E-state index contributed by atoms with van der Waals surface area (Å²) in [6, 6.07) is 14.4. The normalized spacial score (nSPS) is 10.7. The molecule has 0 spiro atoms. The molecular weight excluding hydrogens is 360 g/mol. The van der Waals surface area contributed by atoms with Gasteiger partial charge >= 0.3 is 0 Å². The number of unbranched alkanes of at least 4 members (excludes halogenated alkanes) is 3. The third-order valence-electron chi connectivity index (χ3n) is 5.14. The summed E-state index contributed by atoms with van der Waals surface area (Å²) in [4.78, 5) is 9.02. The molecule has 3 aromatic rings. The van der Waals surface area contributed by atoms with Crippen LogP contribution < -0.4 is 9.47 Å². The summed E-state index contributed by atoms with van der Waals surface area (Å²) in [5.74, 6) is 1.67. The number of pyridine rings is 2. The number of aromatic nitrogens is 2. The molecule has 0 aliphatic carbocycles. The van der Waals surface area contributed by atoms with Crippen LogP contribution in [0.5, 0.6) is 11.5 Å². The molecule has 0 bridgehead atoms. The van der Waals surface area contributed by atoms with Gasteiger partial charge in [0.1, 0.15) is 0 Å². The van der Waals surface area contributed by atoms with Gasteiger partial charge in [0, 0.05) is 12.4 Å². The summed E-state index contributed by atoms with van der Waals surface area (Å²) < 4.78 is 10.9. The van der Waals surface area contributed by atoms with Crippen molar-refractivity contribution < 1.29 is 9.47 Å². The molecule has 0 N–H and O–H groups in total. The Labute approximate surface area is 173 Å². The van der Waals surface area contributed by atoms with Crippen LogP contribution in [0.15, 0.2) is 54.9 Å².